The van der Waals surface area contributed by atoms with Crippen molar-refractivity contribution in [3.05, 3.63) is 77.9 Å². The molecule has 0 aromatic heterocycles. The quantitative estimate of drug-likeness (QED) is 0.236. The van der Waals surface area contributed by atoms with Gasteiger partial charge >= 0.3 is 5.97 Å². The van der Waals surface area contributed by atoms with E-state index in [0.29, 0.717) is 35.4 Å². The van der Waals surface area contributed by atoms with E-state index in [9.17, 15) is 9.59 Å². The number of ether oxygens (including phenoxy) is 1. The Kier molecular flexibility index (Phi) is 8.32. The fraction of sp³-hybridized carbons (Fsp3) is 0.579. The van der Waals surface area contributed by atoms with Crippen LogP contribution in [0.2, 0.25) is 0 Å². The van der Waals surface area contributed by atoms with Crippen molar-refractivity contribution in [1.82, 2.24) is 0 Å². The molecule has 4 saturated carbocycles. The lowest BCUT2D eigenvalue weighted by molar-refractivity contribution is -0.168. The number of Topliss-reactive ketones (excluding diaryl/α,β-unsaturated/α-hetero) is 1. The first-order valence-electron chi connectivity index (χ1n) is 16.3. The van der Waals surface area contributed by atoms with Crippen molar-refractivity contribution in [3.63, 3.8) is 0 Å². The minimum Gasteiger partial charge on any atom is -0.463 e. The summed E-state index contributed by atoms with van der Waals surface area (Å²) in [6.45, 7) is 8.79. The summed E-state index contributed by atoms with van der Waals surface area (Å²) in [5.74, 6) is 2.90. The lowest BCUT2D eigenvalue weighted by Crippen LogP contribution is -2.62. The second-order valence-electron chi connectivity index (χ2n) is 14.4. The van der Waals surface area contributed by atoms with Gasteiger partial charge < -0.3 is 4.74 Å². The highest BCUT2D eigenvalue weighted by Gasteiger charge is 2.66. The summed E-state index contributed by atoms with van der Waals surface area (Å²) in [7, 11) is 0. The highest BCUT2D eigenvalue weighted by molar-refractivity contribution is 9.10. The standard InChI is InChI=1S/C38H47BrO3/c1-24(15-17-30(26-11-7-5-8-12-26)27-13-9-6-10-14-27)32-19-20-33-31-18-16-28-23-29(42-25(2)40)21-22-37(28,3)34(31)35(41)36(39)38(32,33)4/h5-14,17,24,28-29,31-34,36H,15-16,18-23H2,1-4H3/t24?,28?,29-,31?,32?,33?,34?,36+,37?,38?/m1/s1. The van der Waals surface area contributed by atoms with Crippen LogP contribution < -0.4 is 0 Å². The van der Waals surface area contributed by atoms with Crippen molar-refractivity contribution < 1.29 is 14.3 Å². The largest absolute Gasteiger partial charge is 0.463 e. The van der Waals surface area contributed by atoms with Gasteiger partial charge in [-0.05, 0) is 108 Å². The van der Waals surface area contributed by atoms with Crippen LogP contribution >= 0.6 is 15.9 Å². The van der Waals surface area contributed by atoms with Gasteiger partial charge in [0.1, 0.15) is 6.10 Å². The lowest BCUT2D eigenvalue weighted by atomic mass is 9.44. The Morgan fingerprint density at radius 3 is 2.24 bits per heavy atom. The smallest absolute Gasteiger partial charge is 0.302 e. The van der Waals surface area contributed by atoms with Crippen molar-refractivity contribution in [2.45, 2.75) is 90.0 Å². The second kappa shape index (κ2) is 11.7. The van der Waals surface area contributed by atoms with Gasteiger partial charge in [0.15, 0.2) is 5.78 Å². The molecule has 4 fully saturated rings. The predicted molar refractivity (Wildman–Crippen MR) is 173 cm³/mol. The van der Waals surface area contributed by atoms with Crippen LogP contribution in [0.4, 0.5) is 0 Å². The molecule has 0 heterocycles. The van der Waals surface area contributed by atoms with Crippen molar-refractivity contribution in [2.24, 2.45) is 46.3 Å². The van der Waals surface area contributed by atoms with Gasteiger partial charge in [-0.3, -0.25) is 9.59 Å². The van der Waals surface area contributed by atoms with E-state index >= 15 is 0 Å². The molecule has 0 bridgehead atoms. The van der Waals surface area contributed by atoms with E-state index in [1.807, 2.05) is 0 Å². The van der Waals surface area contributed by atoms with Crippen molar-refractivity contribution >= 4 is 33.3 Å². The van der Waals surface area contributed by atoms with Gasteiger partial charge in [0.25, 0.3) is 0 Å². The monoisotopic (exact) mass is 630 g/mol. The molecule has 0 spiro atoms. The Labute approximate surface area is 261 Å². The van der Waals surface area contributed by atoms with E-state index in [-0.39, 0.29) is 33.6 Å². The Bertz CT molecular complexity index is 1280. The molecular weight excluding hydrogens is 584 g/mol. The molecular formula is C38H47BrO3. The third-order valence-corrected chi connectivity index (χ3v) is 13.8. The summed E-state index contributed by atoms with van der Waals surface area (Å²) in [5.41, 5.74) is 3.80. The Balaban J connectivity index is 1.24. The zero-order chi connectivity index (χ0) is 29.6. The fourth-order valence-corrected chi connectivity index (χ4v) is 11.3. The number of esters is 1. The number of rotatable bonds is 6. The average Bonchev–Trinajstić information content (AvgIpc) is 3.35. The Morgan fingerprint density at radius 1 is 0.976 bits per heavy atom. The first-order valence-corrected chi connectivity index (χ1v) is 17.2. The van der Waals surface area contributed by atoms with Crippen LogP contribution in [0.25, 0.3) is 5.57 Å². The number of fused-ring (bicyclic) bond motifs is 5. The van der Waals surface area contributed by atoms with E-state index in [1.165, 1.54) is 36.5 Å². The van der Waals surface area contributed by atoms with Crippen LogP contribution in [-0.4, -0.2) is 22.7 Å². The summed E-state index contributed by atoms with van der Waals surface area (Å²) in [5, 5.41) is 0. The van der Waals surface area contributed by atoms with Crippen molar-refractivity contribution in [3.8, 4) is 0 Å². The molecule has 8 unspecified atom stereocenters. The molecule has 0 amide bonds. The Hall–Kier alpha value is -2.20. The minimum atomic E-state index is -0.178. The highest BCUT2D eigenvalue weighted by Crippen LogP contribution is 2.68. The molecule has 0 N–H and O–H groups in total. The van der Waals surface area contributed by atoms with Crippen LogP contribution in [0.3, 0.4) is 0 Å². The molecule has 42 heavy (non-hydrogen) atoms. The van der Waals surface area contributed by atoms with E-state index in [2.05, 4.69) is 103 Å². The lowest BCUT2D eigenvalue weighted by Gasteiger charge is -2.61. The SMILES string of the molecule is CC(=O)O[C@@H]1CCC2(C)C(CCC3C2C(=O)[C@H](Br)C2(C)C(C(C)CC=C(c4ccccc4)c4ccccc4)CCC32)C1. The van der Waals surface area contributed by atoms with Crippen LogP contribution in [0.1, 0.15) is 90.2 Å². The first-order chi connectivity index (χ1) is 20.1. The normalized spacial score (nSPS) is 38.0. The number of carbonyl (C=O) groups excluding carboxylic acids is 2. The molecule has 4 aliphatic carbocycles. The molecule has 0 saturated heterocycles. The summed E-state index contributed by atoms with van der Waals surface area (Å²) < 4.78 is 5.65. The molecule has 0 aliphatic heterocycles. The number of hydrogen-bond acceptors (Lipinski definition) is 3. The molecule has 2 aromatic carbocycles. The van der Waals surface area contributed by atoms with E-state index in [0.717, 1.165) is 38.5 Å². The van der Waals surface area contributed by atoms with Crippen molar-refractivity contribution in [1.29, 1.82) is 0 Å². The van der Waals surface area contributed by atoms with Gasteiger partial charge in [-0.25, -0.2) is 0 Å². The van der Waals surface area contributed by atoms with E-state index in [4.69, 9.17) is 4.74 Å². The zero-order valence-electron chi connectivity index (χ0n) is 25.7. The molecule has 0 radical (unpaired) electrons. The third-order valence-electron chi connectivity index (χ3n) is 12.4. The molecule has 10 atom stereocenters. The summed E-state index contributed by atoms with van der Waals surface area (Å²) in [6, 6.07) is 21.5. The number of alkyl halides is 1. The van der Waals surface area contributed by atoms with Crippen LogP contribution in [-0.2, 0) is 14.3 Å². The van der Waals surface area contributed by atoms with Gasteiger partial charge in [-0.15, -0.1) is 0 Å². The van der Waals surface area contributed by atoms with Gasteiger partial charge in [0.05, 0.1) is 4.83 Å². The maximum absolute atomic E-state index is 14.5. The summed E-state index contributed by atoms with van der Waals surface area (Å²) in [6.07, 6.45) is 11.0. The molecule has 6 rings (SSSR count). The number of allylic oxidation sites excluding steroid dienone is 1. The molecule has 3 nitrogen and oxygen atoms in total. The van der Waals surface area contributed by atoms with Crippen LogP contribution in [0.5, 0.6) is 0 Å². The van der Waals surface area contributed by atoms with Gasteiger partial charge in [0.2, 0.25) is 0 Å². The molecule has 4 heteroatoms. The van der Waals surface area contributed by atoms with E-state index < -0.39 is 0 Å². The topological polar surface area (TPSA) is 43.4 Å². The maximum atomic E-state index is 14.5. The molecule has 224 valence electrons. The number of halogens is 1. The maximum Gasteiger partial charge on any atom is 0.302 e. The minimum absolute atomic E-state index is 0.0106. The van der Waals surface area contributed by atoms with Gasteiger partial charge in [0, 0.05) is 12.8 Å². The van der Waals surface area contributed by atoms with Gasteiger partial charge in [-0.1, -0.05) is 103 Å². The number of benzene rings is 2. The second-order valence-corrected chi connectivity index (χ2v) is 15.3. The van der Waals surface area contributed by atoms with Crippen LogP contribution in [0, 0.1) is 46.3 Å². The number of carbonyl (C=O) groups is 2. The summed E-state index contributed by atoms with van der Waals surface area (Å²) in [4.78, 5) is 26.1. The zero-order valence-corrected chi connectivity index (χ0v) is 27.3. The summed E-state index contributed by atoms with van der Waals surface area (Å²) >= 11 is 4.09. The molecule has 2 aromatic rings. The third kappa shape index (κ3) is 5.04. The van der Waals surface area contributed by atoms with Crippen LogP contribution in [0.15, 0.2) is 66.7 Å². The van der Waals surface area contributed by atoms with E-state index in [1.54, 1.807) is 0 Å². The predicted octanol–water partition coefficient (Wildman–Crippen LogP) is 9.29. The van der Waals surface area contributed by atoms with Crippen molar-refractivity contribution in [2.75, 3.05) is 0 Å². The first kappa shape index (κ1) is 29.9. The molecule has 4 aliphatic rings. The fourth-order valence-electron chi connectivity index (χ4n) is 10.4. The average molecular weight is 632 g/mol. The number of ketones is 1. The number of hydrogen-bond donors (Lipinski definition) is 0. The highest BCUT2D eigenvalue weighted by atomic mass is 79.9. The van der Waals surface area contributed by atoms with Gasteiger partial charge in [-0.2, -0.15) is 0 Å². The Morgan fingerprint density at radius 2 is 1.62 bits per heavy atom.